The lowest BCUT2D eigenvalue weighted by Crippen LogP contribution is -2.31. The standard InChI is InChI=1S/C11H19N3OS/c1-4-14(5-2)10(15)6-7-12-11-13-9(3)8-16-11/h8H,4-7H2,1-3H3,(H,12,13). The number of anilines is 1. The van der Waals surface area contributed by atoms with E-state index in [1.54, 1.807) is 11.3 Å². The minimum atomic E-state index is 0.200. The van der Waals surface area contributed by atoms with E-state index in [9.17, 15) is 4.79 Å². The van der Waals surface area contributed by atoms with Gasteiger partial charge < -0.3 is 10.2 Å². The number of aromatic nitrogens is 1. The average Bonchev–Trinajstić information content (AvgIpc) is 2.66. The summed E-state index contributed by atoms with van der Waals surface area (Å²) in [6, 6.07) is 0. The van der Waals surface area contributed by atoms with Crippen molar-refractivity contribution in [1.82, 2.24) is 9.88 Å². The molecule has 0 saturated carbocycles. The number of aryl methyl sites for hydroxylation is 1. The fourth-order valence-electron chi connectivity index (χ4n) is 1.45. The average molecular weight is 241 g/mol. The minimum absolute atomic E-state index is 0.200. The van der Waals surface area contributed by atoms with Crippen molar-refractivity contribution in [1.29, 1.82) is 0 Å². The van der Waals surface area contributed by atoms with Gasteiger partial charge in [0.25, 0.3) is 0 Å². The SMILES string of the molecule is CCN(CC)C(=O)CCNc1nc(C)cs1. The van der Waals surface area contributed by atoms with E-state index in [2.05, 4.69) is 10.3 Å². The van der Waals surface area contributed by atoms with Crippen molar-refractivity contribution in [2.45, 2.75) is 27.2 Å². The van der Waals surface area contributed by atoms with Crippen LogP contribution >= 0.6 is 11.3 Å². The first-order valence-electron chi connectivity index (χ1n) is 5.61. The van der Waals surface area contributed by atoms with Crippen LogP contribution in [0.5, 0.6) is 0 Å². The van der Waals surface area contributed by atoms with E-state index < -0.39 is 0 Å². The first-order chi connectivity index (χ1) is 7.67. The summed E-state index contributed by atoms with van der Waals surface area (Å²) in [5, 5.41) is 6.05. The first kappa shape index (κ1) is 13.0. The van der Waals surface area contributed by atoms with E-state index in [-0.39, 0.29) is 5.91 Å². The molecule has 5 heteroatoms. The molecule has 4 nitrogen and oxygen atoms in total. The van der Waals surface area contributed by atoms with Crippen LogP contribution in [0.1, 0.15) is 26.0 Å². The predicted molar refractivity (Wildman–Crippen MR) is 67.9 cm³/mol. The molecular formula is C11H19N3OS. The molecule has 90 valence electrons. The molecule has 16 heavy (non-hydrogen) atoms. The van der Waals surface area contributed by atoms with Crippen LogP contribution in [0.3, 0.4) is 0 Å². The van der Waals surface area contributed by atoms with Gasteiger partial charge in [0.2, 0.25) is 5.91 Å². The molecule has 0 radical (unpaired) electrons. The molecule has 1 N–H and O–H groups in total. The molecule has 0 aromatic carbocycles. The lowest BCUT2D eigenvalue weighted by molar-refractivity contribution is -0.130. The number of nitrogens with one attached hydrogen (secondary N) is 1. The first-order valence-corrected chi connectivity index (χ1v) is 6.49. The molecule has 0 aliphatic heterocycles. The van der Waals surface area contributed by atoms with E-state index in [1.807, 2.05) is 31.1 Å². The Morgan fingerprint density at radius 2 is 2.19 bits per heavy atom. The van der Waals surface area contributed by atoms with Crippen LogP contribution in [-0.2, 0) is 4.79 Å². The summed E-state index contributed by atoms with van der Waals surface area (Å²) in [6.45, 7) is 8.18. The summed E-state index contributed by atoms with van der Waals surface area (Å²) in [7, 11) is 0. The van der Waals surface area contributed by atoms with E-state index in [0.717, 1.165) is 23.9 Å². The molecule has 0 bridgehead atoms. The van der Waals surface area contributed by atoms with Gasteiger partial charge in [0, 0.05) is 31.4 Å². The molecular weight excluding hydrogens is 222 g/mol. The van der Waals surface area contributed by atoms with Crippen LogP contribution in [0, 0.1) is 6.92 Å². The van der Waals surface area contributed by atoms with E-state index in [1.165, 1.54) is 0 Å². The highest BCUT2D eigenvalue weighted by Gasteiger charge is 2.08. The zero-order valence-corrected chi connectivity index (χ0v) is 10.9. The molecule has 0 fully saturated rings. The second kappa shape index (κ2) is 6.48. The normalized spacial score (nSPS) is 10.2. The molecule has 0 aliphatic rings. The van der Waals surface area contributed by atoms with E-state index >= 15 is 0 Å². The number of carbonyl (C=O) groups is 1. The van der Waals surface area contributed by atoms with Crippen molar-refractivity contribution in [3.63, 3.8) is 0 Å². The molecule has 1 aromatic rings. The Bertz CT molecular complexity index is 334. The van der Waals surface area contributed by atoms with Crippen LogP contribution in [0.4, 0.5) is 5.13 Å². The third kappa shape index (κ3) is 3.81. The zero-order chi connectivity index (χ0) is 12.0. The van der Waals surface area contributed by atoms with Crippen molar-refractivity contribution in [3.8, 4) is 0 Å². The van der Waals surface area contributed by atoms with Gasteiger partial charge in [0.15, 0.2) is 5.13 Å². The molecule has 1 rings (SSSR count). The highest BCUT2D eigenvalue weighted by atomic mass is 32.1. The van der Waals surface area contributed by atoms with Gasteiger partial charge >= 0.3 is 0 Å². The summed E-state index contributed by atoms with van der Waals surface area (Å²) < 4.78 is 0. The monoisotopic (exact) mass is 241 g/mol. The molecule has 0 saturated heterocycles. The summed E-state index contributed by atoms with van der Waals surface area (Å²) >= 11 is 1.57. The van der Waals surface area contributed by atoms with Gasteiger partial charge in [-0.25, -0.2) is 4.98 Å². The Morgan fingerprint density at radius 1 is 1.50 bits per heavy atom. The molecule has 1 heterocycles. The quantitative estimate of drug-likeness (QED) is 0.829. The van der Waals surface area contributed by atoms with Gasteiger partial charge in [-0.2, -0.15) is 0 Å². The summed E-state index contributed by atoms with van der Waals surface area (Å²) in [6.07, 6.45) is 0.528. The van der Waals surface area contributed by atoms with Crippen LogP contribution in [-0.4, -0.2) is 35.4 Å². The maximum absolute atomic E-state index is 11.7. The maximum Gasteiger partial charge on any atom is 0.224 e. The minimum Gasteiger partial charge on any atom is -0.361 e. The number of hydrogen-bond donors (Lipinski definition) is 1. The van der Waals surface area contributed by atoms with Crippen LogP contribution in [0.25, 0.3) is 0 Å². The number of hydrogen-bond acceptors (Lipinski definition) is 4. The fraction of sp³-hybridized carbons (Fsp3) is 0.636. The second-order valence-corrected chi connectivity index (χ2v) is 4.39. The van der Waals surface area contributed by atoms with E-state index in [4.69, 9.17) is 0 Å². The Hall–Kier alpha value is -1.10. The zero-order valence-electron chi connectivity index (χ0n) is 10.1. The number of rotatable bonds is 6. The summed E-state index contributed by atoms with van der Waals surface area (Å²) in [5.74, 6) is 0.200. The highest BCUT2D eigenvalue weighted by Crippen LogP contribution is 2.13. The molecule has 0 atom stereocenters. The fourth-order valence-corrected chi connectivity index (χ4v) is 2.16. The van der Waals surface area contributed by atoms with Crippen molar-refractivity contribution >= 4 is 22.4 Å². The number of thiazole rings is 1. The van der Waals surface area contributed by atoms with E-state index in [0.29, 0.717) is 13.0 Å². The van der Waals surface area contributed by atoms with Gasteiger partial charge in [0.05, 0.1) is 5.69 Å². The Kier molecular flexibility index (Phi) is 5.25. The topological polar surface area (TPSA) is 45.2 Å². The maximum atomic E-state index is 11.7. The largest absolute Gasteiger partial charge is 0.361 e. The highest BCUT2D eigenvalue weighted by molar-refractivity contribution is 7.13. The van der Waals surface area contributed by atoms with Crippen molar-refractivity contribution in [2.75, 3.05) is 25.0 Å². The molecule has 1 aromatic heterocycles. The third-order valence-electron chi connectivity index (χ3n) is 2.35. The lowest BCUT2D eigenvalue weighted by atomic mass is 10.3. The van der Waals surface area contributed by atoms with Gasteiger partial charge in [-0.05, 0) is 20.8 Å². The lowest BCUT2D eigenvalue weighted by Gasteiger charge is -2.18. The van der Waals surface area contributed by atoms with Crippen molar-refractivity contribution in [2.24, 2.45) is 0 Å². The molecule has 0 spiro atoms. The van der Waals surface area contributed by atoms with Gasteiger partial charge in [-0.1, -0.05) is 0 Å². The van der Waals surface area contributed by atoms with Gasteiger partial charge in [-0.3, -0.25) is 4.79 Å². The number of carbonyl (C=O) groups excluding carboxylic acids is 1. The Labute approximate surface area is 101 Å². The number of nitrogens with zero attached hydrogens (tertiary/aromatic N) is 2. The number of amides is 1. The van der Waals surface area contributed by atoms with Crippen LogP contribution in [0.15, 0.2) is 5.38 Å². The Morgan fingerprint density at radius 3 is 2.69 bits per heavy atom. The molecule has 0 aliphatic carbocycles. The molecule has 1 amide bonds. The second-order valence-electron chi connectivity index (χ2n) is 3.54. The molecule has 0 unspecified atom stereocenters. The third-order valence-corrected chi connectivity index (χ3v) is 3.27. The van der Waals surface area contributed by atoms with Gasteiger partial charge in [0.1, 0.15) is 0 Å². The Balaban J connectivity index is 2.27. The predicted octanol–water partition coefficient (Wildman–Crippen LogP) is 2.12. The summed E-state index contributed by atoms with van der Waals surface area (Å²) in [4.78, 5) is 17.8. The van der Waals surface area contributed by atoms with Crippen LogP contribution in [0.2, 0.25) is 0 Å². The summed E-state index contributed by atoms with van der Waals surface area (Å²) in [5.41, 5.74) is 1.02. The van der Waals surface area contributed by atoms with Crippen molar-refractivity contribution in [3.05, 3.63) is 11.1 Å². The smallest absolute Gasteiger partial charge is 0.224 e. The van der Waals surface area contributed by atoms with Crippen LogP contribution < -0.4 is 5.32 Å². The van der Waals surface area contributed by atoms with Crippen molar-refractivity contribution < 1.29 is 4.79 Å². The van der Waals surface area contributed by atoms with Gasteiger partial charge in [-0.15, -0.1) is 11.3 Å².